The largest absolute Gasteiger partial charge is 0.420 e. The van der Waals surface area contributed by atoms with Crippen molar-refractivity contribution >= 4 is 27.3 Å². The minimum Gasteiger partial charge on any atom is -0.385 e. The van der Waals surface area contributed by atoms with Gasteiger partial charge in [-0.05, 0) is 20.3 Å². The van der Waals surface area contributed by atoms with Crippen LogP contribution in [0.2, 0.25) is 0 Å². The molecule has 0 unspecified atom stereocenters. The monoisotopic (exact) mass is 483 g/mol. The minimum atomic E-state index is -4.75. The first-order valence-electron chi connectivity index (χ1n) is 9.15. The molecular weight excluding hydrogens is 462 g/mol. The molecule has 0 aliphatic carbocycles. The van der Waals surface area contributed by atoms with E-state index in [9.17, 15) is 31.1 Å². The molecule has 0 saturated carbocycles. The Labute approximate surface area is 180 Å². The zero-order valence-electron chi connectivity index (χ0n) is 16.8. The molecule has 1 aliphatic heterocycles. The molecule has 8 nitrogen and oxygen atoms in total. The third-order valence-corrected chi connectivity index (χ3v) is 7.28. The van der Waals surface area contributed by atoms with Crippen LogP contribution in [-0.2, 0) is 21.8 Å². The summed E-state index contributed by atoms with van der Waals surface area (Å²) in [5.41, 5.74) is -2.90. The van der Waals surface area contributed by atoms with Crippen molar-refractivity contribution in [3.63, 3.8) is 0 Å². The standard InChI is InChI=1S/C17H21F4N5O3S2/c1-16(2,27)12-7-22-14(30-12)13-9(17(19,20)21)6-23-15(25-13)24-11-4-5-26(8-10(11)18)31(3,28)29/h6-7,10-11,27H,4-5,8H2,1-3H3,(H,23,24,25)/t10-,11-/m1/s1. The fourth-order valence-corrected chi connectivity index (χ4v) is 4.77. The maximum Gasteiger partial charge on any atom is 0.420 e. The van der Waals surface area contributed by atoms with Gasteiger partial charge in [0, 0.05) is 25.5 Å². The van der Waals surface area contributed by atoms with Gasteiger partial charge in [-0.15, -0.1) is 11.3 Å². The Hall–Kier alpha value is -1.90. The van der Waals surface area contributed by atoms with Crippen LogP contribution in [0.4, 0.5) is 23.5 Å². The van der Waals surface area contributed by atoms with Crippen molar-refractivity contribution in [2.75, 3.05) is 24.7 Å². The molecule has 3 heterocycles. The van der Waals surface area contributed by atoms with Crippen LogP contribution in [0, 0.1) is 0 Å². The van der Waals surface area contributed by atoms with Gasteiger partial charge >= 0.3 is 6.18 Å². The highest BCUT2D eigenvalue weighted by Gasteiger charge is 2.38. The van der Waals surface area contributed by atoms with Crippen molar-refractivity contribution in [2.24, 2.45) is 0 Å². The van der Waals surface area contributed by atoms with Gasteiger partial charge in [-0.1, -0.05) is 0 Å². The SMILES string of the molecule is CC(C)(O)c1cnc(-c2nc(N[C@@H]3CCN(S(C)(=O)=O)C[C@H]3F)ncc2C(F)(F)F)s1. The predicted octanol–water partition coefficient (Wildman–Crippen LogP) is 2.63. The molecule has 0 amide bonds. The van der Waals surface area contributed by atoms with Crippen molar-refractivity contribution in [3.8, 4) is 10.7 Å². The summed E-state index contributed by atoms with van der Waals surface area (Å²) in [6.45, 7) is 2.65. The number of piperidine rings is 1. The van der Waals surface area contributed by atoms with E-state index in [0.29, 0.717) is 11.1 Å². The molecule has 1 saturated heterocycles. The molecule has 2 aromatic rings. The second-order valence-corrected chi connectivity index (χ2v) is 10.7. The van der Waals surface area contributed by atoms with Gasteiger partial charge in [0.2, 0.25) is 16.0 Å². The van der Waals surface area contributed by atoms with E-state index in [1.807, 2.05) is 0 Å². The summed E-state index contributed by atoms with van der Waals surface area (Å²) in [4.78, 5) is 11.9. The second-order valence-electron chi connectivity index (χ2n) is 7.72. The van der Waals surface area contributed by atoms with E-state index >= 15 is 0 Å². The molecule has 0 spiro atoms. The van der Waals surface area contributed by atoms with Crippen molar-refractivity contribution in [3.05, 3.63) is 22.8 Å². The fourth-order valence-electron chi connectivity index (χ4n) is 2.99. The van der Waals surface area contributed by atoms with Gasteiger partial charge in [0.1, 0.15) is 22.4 Å². The highest BCUT2D eigenvalue weighted by atomic mass is 32.2. The topological polar surface area (TPSA) is 108 Å². The number of nitrogens with zero attached hydrogens (tertiary/aromatic N) is 4. The van der Waals surface area contributed by atoms with Crippen molar-refractivity contribution in [1.82, 2.24) is 19.3 Å². The number of aromatic nitrogens is 3. The number of hydrogen-bond donors (Lipinski definition) is 2. The fraction of sp³-hybridized carbons (Fsp3) is 0.588. The first-order chi connectivity index (χ1) is 14.2. The van der Waals surface area contributed by atoms with Crippen molar-refractivity contribution < 1.29 is 31.1 Å². The average molecular weight is 484 g/mol. The van der Waals surface area contributed by atoms with Gasteiger partial charge in [-0.3, -0.25) is 0 Å². The maximum absolute atomic E-state index is 14.5. The van der Waals surface area contributed by atoms with Gasteiger partial charge in [0.25, 0.3) is 0 Å². The highest BCUT2D eigenvalue weighted by Crippen LogP contribution is 2.39. The Balaban J connectivity index is 1.90. The molecule has 1 aliphatic rings. The average Bonchev–Trinajstić information content (AvgIpc) is 3.12. The van der Waals surface area contributed by atoms with Crippen LogP contribution >= 0.6 is 11.3 Å². The molecule has 3 rings (SSSR count). The van der Waals surface area contributed by atoms with Crippen LogP contribution in [0.25, 0.3) is 10.7 Å². The third-order valence-electron chi connectivity index (χ3n) is 4.69. The summed E-state index contributed by atoms with van der Waals surface area (Å²) in [6.07, 6.45) is -3.41. The van der Waals surface area contributed by atoms with E-state index in [4.69, 9.17) is 0 Å². The lowest BCUT2D eigenvalue weighted by atomic mass is 10.1. The first kappa shape index (κ1) is 23.8. The number of thiazole rings is 1. The Kier molecular flexibility index (Phi) is 6.30. The number of hydrogen-bond acceptors (Lipinski definition) is 8. The third kappa shape index (κ3) is 5.48. The number of rotatable bonds is 5. The summed E-state index contributed by atoms with van der Waals surface area (Å²) >= 11 is 0.855. The zero-order valence-corrected chi connectivity index (χ0v) is 18.4. The highest BCUT2D eigenvalue weighted by molar-refractivity contribution is 7.88. The molecule has 2 aromatic heterocycles. The van der Waals surface area contributed by atoms with Crippen LogP contribution < -0.4 is 5.32 Å². The molecular formula is C17H21F4N5O3S2. The summed E-state index contributed by atoms with van der Waals surface area (Å²) < 4.78 is 79.1. The lowest BCUT2D eigenvalue weighted by Crippen LogP contribution is -2.49. The summed E-state index contributed by atoms with van der Waals surface area (Å²) in [6, 6.07) is -0.870. The minimum absolute atomic E-state index is 0.0613. The Morgan fingerprint density at radius 2 is 1.94 bits per heavy atom. The van der Waals surface area contributed by atoms with Crippen LogP contribution in [0.1, 0.15) is 30.7 Å². The molecule has 2 atom stereocenters. The zero-order chi connectivity index (χ0) is 23.2. The van der Waals surface area contributed by atoms with Gasteiger partial charge in [-0.25, -0.2) is 27.8 Å². The van der Waals surface area contributed by atoms with Crippen LogP contribution in [0.15, 0.2) is 12.4 Å². The smallest absolute Gasteiger partial charge is 0.385 e. The molecule has 0 aromatic carbocycles. The maximum atomic E-state index is 14.5. The Morgan fingerprint density at radius 1 is 1.26 bits per heavy atom. The molecule has 14 heteroatoms. The first-order valence-corrected chi connectivity index (χ1v) is 11.8. The normalized spacial score (nSPS) is 21.3. The van der Waals surface area contributed by atoms with Crippen molar-refractivity contribution in [1.29, 1.82) is 0 Å². The second kappa shape index (κ2) is 8.22. The Morgan fingerprint density at radius 3 is 2.45 bits per heavy atom. The summed E-state index contributed by atoms with van der Waals surface area (Å²) in [5, 5.41) is 12.7. The lowest BCUT2D eigenvalue weighted by molar-refractivity contribution is -0.137. The number of aliphatic hydroxyl groups is 1. The van der Waals surface area contributed by atoms with Crippen molar-refractivity contribution in [2.45, 2.75) is 44.3 Å². The molecule has 172 valence electrons. The van der Waals surface area contributed by atoms with Gasteiger partial charge in [0.15, 0.2) is 0 Å². The summed E-state index contributed by atoms with van der Waals surface area (Å²) in [5.74, 6) is -0.233. The molecule has 2 N–H and O–H groups in total. The molecule has 0 bridgehead atoms. The van der Waals surface area contributed by atoms with E-state index in [1.165, 1.54) is 20.0 Å². The quantitative estimate of drug-likeness (QED) is 0.630. The molecule has 31 heavy (non-hydrogen) atoms. The van der Waals surface area contributed by atoms with Crippen LogP contribution in [-0.4, -0.2) is 64.3 Å². The van der Waals surface area contributed by atoms with E-state index in [2.05, 4.69) is 20.3 Å². The van der Waals surface area contributed by atoms with Crippen LogP contribution in [0.5, 0.6) is 0 Å². The lowest BCUT2D eigenvalue weighted by Gasteiger charge is -2.33. The summed E-state index contributed by atoms with van der Waals surface area (Å²) in [7, 11) is -3.55. The van der Waals surface area contributed by atoms with Gasteiger partial charge < -0.3 is 10.4 Å². The van der Waals surface area contributed by atoms with Gasteiger partial charge in [0.05, 0.1) is 22.8 Å². The van der Waals surface area contributed by atoms with E-state index < -0.39 is 45.3 Å². The molecule has 0 radical (unpaired) electrons. The van der Waals surface area contributed by atoms with Crippen LogP contribution in [0.3, 0.4) is 0 Å². The number of nitrogens with one attached hydrogen (secondary N) is 1. The number of anilines is 1. The van der Waals surface area contributed by atoms with Gasteiger partial charge in [-0.2, -0.15) is 17.5 Å². The Bertz CT molecular complexity index is 1050. The molecule has 1 fully saturated rings. The number of sulfonamides is 1. The van der Waals surface area contributed by atoms with E-state index in [-0.39, 0.29) is 30.5 Å². The number of halogens is 4. The van der Waals surface area contributed by atoms with E-state index in [1.54, 1.807) is 0 Å². The van der Waals surface area contributed by atoms with E-state index in [0.717, 1.165) is 21.9 Å². The predicted molar refractivity (Wildman–Crippen MR) is 107 cm³/mol. The number of alkyl halides is 4.